The van der Waals surface area contributed by atoms with Crippen molar-refractivity contribution in [3.8, 4) is 0 Å². The average Bonchev–Trinajstić information content (AvgIpc) is 2.88. The molecule has 7 heteroatoms. The highest BCUT2D eigenvalue weighted by Crippen LogP contribution is 2.21. The zero-order valence-corrected chi connectivity index (χ0v) is 10.9. The highest BCUT2D eigenvalue weighted by atomic mass is 79.9. The Morgan fingerprint density at radius 3 is 3.06 bits per heavy atom. The van der Waals surface area contributed by atoms with Crippen LogP contribution in [-0.2, 0) is 6.54 Å². The number of halogens is 1. The number of carbonyl (C=O) groups is 1. The fourth-order valence-electron chi connectivity index (χ4n) is 1.23. The summed E-state index contributed by atoms with van der Waals surface area (Å²) < 4.78 is 1.04. The van der Waals surface area contributed by atoms with Gasteiger partial charge < -0.3 is 4.90 Å². The van der Waals surface area contributed by atoms with Gasteiger partial charge in [0.2, 0.25) is 5.82 Å². The van der Waals surface area contributed by atoms with E-state index < -0.39 is 0 Å². The first-order chi connectivity index (χ1) is 7.66. The molecule has 0 radical (unpaired) electrons. The van der Waals surface area contributed by atoms with Gasteiger partial charge in [-0.2, -0.15) is 5.10 Å². The minimum atomic E-state index is -0.165. The Labute approximate surface area is 105 Å². The molecule has 0 aliphatic rings. The Balaban J connectivity index is 2.03. The standard InChI is InChI=1S/C9H9BrN4OS/c1-14(3-7-2-6(10)4-16-7)9(15)8-11-5-12-13-8/h2,4-5H,3H2,1H3,(H,11,12,13). The first kappa shape index (κ1) is 11.3. The maximum absolute atomic E-state index is 11.8. The van der Waals surface area contributed by atoms with Crippen molar-refractivity contribution in [1.82, 2.24) is 20.1 Å². The maximum atomic E-state index is 11.8. The number of hydrogen-bond acceptors (Lipinski definition) is 4. The van der Waals surface area contributed by atoms with Crippen molar-refractivity contribution in [2.45, 2.75) is 6.54 Å². The van der Waals surface area contributed by atoms with E-state index in [1.807, 2.05) is 11.4 Å². The molecule has 0 fully saturated rings. The van der Waals surface area contributed by atoms with Crippen LogP contribution in [0.3, 0.4) is 0 Å². The second-order valence-electron chi connectivity index (χ2n) is 3.23. The molecule has 0 unspecified atom stereocenters. The zero-order valence-electron chi connectivity index (χ0n) is 8.48. The number of hydrogen-bond donors (Lipinski definition) is 1. The van der Waals surface area contributed by atoms with E-state index in [4.69, 9.17) is 0 Å². The van der Waals surface area contributed by atoms with Crippen LogP contribution in [0.2, 0.25) is 0 Å². The zero-order chi connectivity index (χ0) is 11.5. The Hall–Kier alpha value is -1.21. The third-order valence-electron chi connectivity index (χ3n) is 1.98. The van der Waals surface area contributed by atoms with E-state index in [2.05, 4.69) is 31.1 Å². The number of nitrogens with one attached hydrogen (secondary N) is 1. The van der Waals surface area contributed by atoms with Crippen LogP contribution < -0.4 is 0 Å². The molecule has 0 saturated heterocycles. The molecule has 0 saturated carbocycles. The van der Waals surface area contributed by atoms with Crippen LogP contribution in [-0.4, -0.2) is 33.0 Å². The van der Waals surface area contributed by atoms with Crippen LogP contribution in [0.1, 0.15) is 15.5 Å². The number of carbonyl (C=O) groups excluding carboxylic acids is 1. The van der Waals surface area contributed by atoms with Crippen LogP contribution in [0.5, 0.6) is 0 Å². The summed E-state index contributed by atoms with van der Waals surface area (Å²) in [6, 6.07) is 1.99. The Morgan fingerprint density at radius 2 is 2.50 bits per heavy atom. The van der Waals surface area contributed by atoms with Crippen molar-refractivity contribution in [2.75, 3.05) is 7.05 Å². The summed E-state index contributed by atoms with van der Waals surface area (Å²) >= 11 is 4.98. The topological polar surface area (TPSA) is 61.9 Å². The van der Waals surface area contributed by atoms with Gasteiger partial charge >= 0.3 is 0 Å². The molecule has 5 nitrogen and oxygen atoms in total. The van der Waals surface area contributed by atoms with E-state index >= 15 is 0 Å². The predicted molar refractivity (Wildman–Crippen MR) is 64.2 cm³/mol. The lowest BCUT2D eigenvalue weighted by molar-refractivity contribution is 0.0775. The van der Waals surface area contributed by atoms with Crippen molar-refractivity contribution < 1.29 is 4.79 Å². The van der Waals surface area contributed by atoms with E-state index in [1.165, 1.54) is 6.33 Å². The molecule has 84 valence electrons. The summed E-state index contributed by atoms with van der Waals surface area (Å²) in [5, 5.41) is 8.19. The molecule has 0 spiro atoms. The molecule has 0 aliphatic heterocycles. The molecule has 2 rings (SSSR count). The van der Waals surface area contributed by atoms with Crippen molar-refractivity contribution in [3.63, 3.8) is 0 Å². The normalized spacial score (nSPS) is 10.4. The number of rotatable bonds is 3. The number of thiophene rings is 1. The number of aromatic nitrogens is 3. The van der Waals surface area contributed by atoms with E-state index in [0.717, 1.165) is 9.35 Å². The van der Waals surface area contributed by atoms with Gasteiger partial charge in [-0.05, 0) is 22.0 Å². The van der Waals surface area contributed by atoms with Crippen LogP contribution >= 0.6 is 27.3 Å². The van der Waals surface area contributed by atoms with Crippen molar-refractivity contribution in [2.24, 2.45) is 0 Å². The van der Waals surface area contributed by atoms with E-state index in [-0.39, 0.29) is 11.7 Å². The van der Waals surface area contributed by atoms with Crippen molar-refractivity contribution in [3.05, 3.63) is 32.9 Å². The van der Waals surface area contributed by atoms with Crippen LogP contribution in [0.15, 0.2) is 22.2 Å². The van der Waals surface area contributed by atoms with Gasteiger partial charge in [0, 0.05) is 21.8 Å². The molecule has 0 atom stereocenters. The van der Waals surface area contributed by atoms with Gasteiger partial charge in [-0.25, -0.2) is 4.98 Å². The van der Waals surface area contributed by atoms with Crippen LogP contribution in [0.25, 0.3) is 0 Å². The minimum Gasteiger partial charge on any atom is -0.334 e. The Morgan fingerprint density at radius 1 is 1.69 bits per heavy atom. The predicted octanol–water partition coefficient (Wildman–Crippen LogP) is 1.90. The molecular formula is C9H9BrN4OS. The average molecular weight is 301 g/mol. The Bertz CT molecular complexity index is 481. The first-order valence-corrected chi connectivity index (χ1v) is 6.18. The largest absolute Gasteiger partial charge is 0.334 e. The molecule has 1 amide bonds. The molecule has 2 heterocycles. The number of amides is 1. The van der Waals surface area contributed by atoms with Gasteiger partial charge in [-0.1, -0.05) is 0 Å². The van der Waals surface area contributed by atoms with Crippen LogP contribution in [0, 0.1) is 0 Å². The summed E-state index contributed by atoms with van der Waals surface area (Å²) in [5.74, 6) is 0.0974. The molecule has 2 aromatic rings. The molecule has 0 aromatic carbocycles. The van der Waals surface area contributed by atoms with E-state index in [1.54, 1.807) is 23.3 Å². The third-order valence-corrected chi connectivity index (χ3v) is 3.66. The smallest absolute Gasteiger partial charge is 0.291 e. The highest BCUT2D eigenvalue weighted by molar-refractivity contribution is 9.10. The van der Waals surface area contributed by atoms with Gasteiger partial charge in [0.1, 0.15) is 6.33 Å². The second-order valence-corrected chi connectivity index (χ2v) is 5.14. The molecule has 0 aliphatic carbocycles. The molecular weight excluding hydrogens is 292 g/mol. The maximum Gasteiger partial charge on any atom is 0.291 e. The fourth-order valence-corrected chi connectivity index (χ4v) is 2.74. The van der Waals surface area contributed by atoms with E-state index in [9.17, 15) is 4.79 Å². The molecule has 2 aromatic heterocycles. The van der Waals surface area contributed by atoms with Crippen molar-refractivity contribution in [1.29, 1.82) is 0 Å². The molecule has 0 bridgehead atoms. The monoisotopic (exact) mass is 300 g/mol. The van der Waals surface area contributed by atoms with Gasteiger partial charge in [0.15, 0.2) is 0 Å². The quantitative estimate of drug-likeness (QED) is 0.942. The van der Waals surface area contributed by atoms with Crippen molar-refractivity contribution >= 4 is 33.2 Å². The molecule has 1 N–H and O–H groups in total. The molecule has 16 heavy (non-hydrogen) atoms. The summed E-state index contributed by atoms with van der Waals surface area (Å²) in [6.45, 7) is 0.565. The van der Waals surface area contributed by atoms with Crippen LogP contribution in [0.4, 0.5) is 0 Å². The lowest BCUT2D eigenvalue weighted by Crippen LogP contribution is -2.26. The summed E-state index contributed by atoms with van der Waals surface area (Å²) in [5.41, 5.74) is 0. The highest BCUT2D eigenvalue weighted by Gasteiger charge is 2.15. The lowest BCUT2D eigenvalue weighted by atomic mass is 10.4. The van der Waals surface area contributed by atoms with Gasteiger partial charge in [-0.15, -0.1) is 11.3 Å². The SMILES string of the molecule is CN(Cc1cc(Br)cs1)C(=O)c1ncn[nH]1. The van der Waals surface area contributed by atoms with Gasteiger partial charge in [0.05, 0.1) is 6.54 Å². The fraction of sp³-hybridized carbons (Fsp3) is 0.222. The number of aromatic amines is 1. The third kappa shape index (κ3) is 2.48. The second kappa shape index (κ2) is 4.75. The Kier molecular flexibility index (Phi) is 3.35. The van der Waals surface area contributed by atoms with E-state index in [0.29, 0.717) is 6.54 Å². The number of nitrogens with zero attached hydrogens (tertiary/aromatic N) is 3. The number of H-pyrrole nitrogens is 1. The summed E-state index contributed by atoms with van der Waals surface area (Å²) in [7, 11) is 1.73. The summed E-state index contributed by atoms with van der Waals surface area (Å²) in [6.07, 6.45) is 1.32. The minimum absolute atomic E-state index is 0.165. The van der Waals surface area contributed by atoms with Gasteiger partial charge in [-0.3, -0.25) is 9.89 Å². The first-order valence-electron chi connectivity index (χ1n) is 4.50. The summed E-state index contributed by atoms with van der Waals surface area (Å²) in [4.78, 5) is 18.3. The van der Waals surface area contributed by atoms with Gasteiger partial charge in [0.25, 0.3) is 5.91 Å². The lowest BCUT2D eigenvalue weighted by Gasteiger charge is -2.13.